The third kappa shape index (κ3) is 2.97. The molecule has 1 aromatic heterocycles. The molecular weight excluding hydrogens is 274 g/mol. The van der Waals surface area contributed by atoms with E-state index in [1.165, 1.54) is 26.0 Å². The summed E-state index contributed by atoms with van der Waals surface area (Å²) in [4.78, 5) is 48.6. The second-order valence-electron chi connectivity index (χ2n) is 4.43. The molecule has 0 saturated heterocycles. The van der Waals surface area contributed by atoms with Crippen LogP contribution >= 0.6 is 0 Å². The van der Waals surface area contributed by atoms with Crippen molar-refractivity contribution >= 4 is 17.4 Å². The Hall–Kier alpha value is -2.96. The van der Waals surface area contributed by atoms with Crippen molar-refractivity contribution in [2.45, 2.75) is 13.8 Å². The first-order chi connectivity index (χ1) is 9.90. The van der Waals surface area contributed by atoms with Gasteiger partial charge in [-0.1, -0.05) is 0 Å². The summed E-state index contributed by atoms with van der Waals surface area (Å²) in [5, 5.41) is 2.58. The molecule has 7 heteroatoms. The first-order valence-electron chi connectivity index (χ1n) is 6.14. The van der Waals surface area contributed by atoms with E-state index >= 15 is 0 Å². The van der Waals surface area contributed by atoms with Crippen LogP contribution in [0, 0.1) is 0 Å². The summed E-state index contributed by atoms with van der Waals surface area (Å²) in [6.45, 7) is 2.62. The van der Waals surface area contributed by atoms with Crippen LogP contribution in [-0.4, -0.2) is 21.2 Å². The van der Waals surface area contributed by atoms with E-state index in [4.69, 9.17) is 0 Å². The standard InChI is InChI=1S/C14H13N3O4/c1-8(18)12-7-15-14(21)17(13(12)20)11-5-3-10(4-6-11)16-9(2)19/h3-7H,1-2H3,(H,15,21)(H,16,19). The van der Waals surface area contributed by atoms with Crippen LogP contribution in [0.3, 0.4) is 0 Å². The van der Waals surface area contributed by atoms with E-state index in [0.29, 0.717) is 11.4 Å². The van der Waals surface area contributed by atoms with E-state index in [2.05, 4.69) is 10.3 Å². The van der Waals surface area contributed by atoms with Gasteiger partial charge in [-0.25, -0.2) is 9.36 Å². The number of carbonyl (C=O) groups is 2. The van der Waals surface area contributed by atoms with Crippen molar-refractivity contribution in [1.29, 1.82) is 0 Å². The highest BCUT2D eigenvalue weighted by Gasteiger charge is 2.12. The number of ketones is 1. The van der Waals surface area contributed by atoms with Gasteiger partial charge >= 0.3 is 5.69 Å². The maximum Gasteiger partial charge on any atom is 0.333 e. The summed E-state index contributed by atoms with van der Waals surface area (Å²) >= 11 is 0. The normalized spacial score (nSPS) is 10.2. The number of hydrogen-bond donors (Lipinski definition) is 2. The van der Waals surface area contributed by atoms with Gasteiger partial charge in [0.2, 0.25) is 5.91 Å². The van der Waals surface area contributed by atoms with Gasteiger partial charge < -0.3 is 10.3 Å². The molecule has 0 radical (unpaired) electrons. The lowest BCUT2D eigenvalue weighted by molar-refractivity contribution is -0.114. The minimum atomic E-state index is -0.682. The van der Waals surface area contributed by atoms with Gasteiger partial charge in [-0.3, -0.25) is 14.4 Å². The smallest absolute Gasteiger partial charge is 0.326 e. The van der Waals surface area contributed by atoms with E-state index in [-0.39, 0.29) is 11.5 Å². The van der Waals surface area contributed by atoms with Crippen molar-refractivity contribution in [2.75, 3.05) is 5.32 Å². The number of Topliss-reactive ketones (excluding diaryl/α,β-unsaturated/α-hetero) is 1. The number of aromatic nitrogens is 2. The molecule has 1 aromatic carbocycles. The molecule has 0 unspecified atom stereocenters. The minimum absolute atomic E-state index is 0.0967. The van der Waals surface area contributed by atoms with Crippen molar-refractivity contribution in [3.63, 3.8) is 0 Å². The number of benzene rings is 1. The third-order valence-corrected chi connectivity index (χ3v) is 2.80. The molecule has 0 aliphatic heterocycles. The fourth-order valence-electron chi connectivity index (χ4n) is 1.86. The van der Waals surface area contributed by atoms with Gasteiger partial charge in [0.05, 0.1) is 11.3 Å². The zero-order chi connectivity index (χ0) is 15.6. The molecule has 0 fully saturated rings. The first-order valence-corrected chi connectivity index (χ1v) is 6.14. The number of anilines is 1. The molecule has 0 aliphatic rings. The molecule has 0 atom stereocenters. The fourth-order valence-corrected chi connectivity index (χ4v) is 1.86. The Balaban J connectivity index is 2.54. The Kier molecular flexibility index (Phi) is 3.84. The lowest BCUT2D eigenvalue weighted by Gasteiger charge is -2.07. The number of aromatic amines is 1. The Bertz CT molecular complexity index is 815. The van der Waals surface area contributed by atoms with Crippen LogP contribution in [0.4, 0.5) is 5.69 Å². The number of amides is 1. The van der Waals surface area contributed by atoms with Crippen LogP contribution in [-0.2, 0) is 4.79 Å². The average Bonchev–Trinajstić information content (AvgIpc) is 2.39. The molecule has 108 valence electrons. The number of H-pyrrole nitrogens is 1. The molecule has 2 rings (SSSR count). The Morgan fingerprint density at radius 1 is 1.10 bits per heavy atom. The fraction of sp³-hybridized carbons (Fsp3) is 0.143. The van der Waals surface area contributed by atoms with Crippen LogP contribution < -0.4 is 16.6 Å². The summed E-state index contributed by atoms with van der Waals surface area (Å²) in [7, 11) is 0. The number of carbonyl (C=O) groups excluding carboxylic acids is 2. The van der Waals surface area contributed by atoms with E-state index in [9.17, 15) is 19.2 Å². The average molecular weight is 287 g/mol. The summed E-state index contributed by atoms with van der Waals surface area (Å²) in [6, 6.07) is 6.13. The SMILES string of the molecule is CC(=O)Nc1ccc(-n2c(=O)[nH]cc(C(C)=O)c2=O)cc1. The minimum Gasteiger partial charge on any atom is -0.326 e. The van der Waals surface area contributed by atoms with E-state index in [1.54, 1.807) is 12.1 Å². The van der Waals surface area contributed by atoms with Crippen LogP contribution in [0.15, 0.2) is 40.1 Å². The molecule has 0 bridgehead atoms. The molecule has 1 amide bonds. The lowest BCUT2D eigenvalue weighted by Crippen LogP contribution is -2.36. The van der Waals surface area contributed by atoms with E-state index in [1.807, 2.05) is 0 Å². The summed E-state index contributed by atoms with van der Waals surface area (Å²) in [5.74, 6) is -0.656. The van der Waals surface area contributed by atoms with Gasteiger partial charge in [-0.05, 0) is 31.2 Å². The Labute approximate surface area is 119 Å². The van der Waals surface area contributed by atoms with Crippen LogP contribution in [0.2, 0.25) is 0 Å². The number of nitrogens with one attached hydrogen (secondary N) is 2. The van der Waals surface area contributed by atoms with Gasteiger partial charge in [0.1, 0.15) is 0 Å². The molecular formula is C14H13N3O4. The van der Waals surface area contributed by atoms with Gasteiger partial charge in [0.15, 0.2) is 5.78 Å². The van der Waals surface area contributed by atoms with Gasteiger partial charge in [0.25, 0.3) is 5.56 Å². The predicted octanol–water partition coefficient (Wildman–Crippen LogP) is 0.687. The quantitative estimate of drug-likeness (QED) is 0.811. The molecule has 21 heavy (non-hydrogen) atoms. The molecule has 7 nitrogen and oxygen atoms in total. The van der Waals surface area contributed by atoms with Crippen molar-refractivity contribution < 1.29 is 9.59 Å². The highest BCUT2D eigenvalue weighted by Crippen LogP contribution is 2.11. The van der Waals surface area contributed by atoms with Gasteiger partial charge in [-0.2, -0.15) is 0 Å². The van der Waals surface area contributed by atoms with Crippen molar-refractivity contribution in [1.82, 2.24) is 9.55 Å². The molecule has 2 aromatic rings. The van der Waals surface area contributed by atoms with Crippen molar-refractivity contribution in [2.24, 2.45) is 0 Å². The molecule has 2 N–H and O–H groups in total. The summed E-state index contributed by atoms with van der Waals surface area (Å²) in [5.41, 5.74) is -0.576. The highest BCUT2D eigenvalue weighted by molar-refractivity contribution is 5.93. The van der Waals surface area contributed by atoms with Crippen LogP contribution in [0.25, 0.3) is 5.69 Å². The Morgan fingerprint density at radius 2 is 1.71 bits per heavy atom. The molecule has 1 heterocycles. The number of rotatable bonds is 3. The Morgan fingerprint density at radius 3 is 2.24 bits per heavy atom. The van der Waals surface area contributed by atoms with Gasteiger partial charge in [-0.15, -0.1) is 0 Å². The number of hydrogen-bond acceptors (Lipinski definition) is 4. The van der Waals surface area contributed by atoms with Crippen molar-refractivity contribution in [3.05, 3.63) is 56.9 Å². The molecule has 0 spiro atoms. The highest BCUT2D eigenvalue weighted by atomic mass is 16.2. The van der Waals surface area contributed by atoms with Crippen LogP contribution in [0.5, 0.6) is 0 Å². The molecule has 0 saturated carbocycles. The maximum atomic E-state index is 12.1. The van der Waals surface area contributed by atoms with E-state index < -0.39 is 17.0 Å². The molecule has 0 aliphatic carbocycles. The monoisotopic (exact) mass is 287 g/mol. The lowest BCUT2D eigenvalue weighted by atomic mass is 10.2. The predicted molar refractivity (Wildman–Crippen MR) is 77.0 cm³/mol. The van der Waals surface area contributed by atoms with Crippen LogP contribution in [0.1, 0.15) is 24.2 Å². The van der Waals surface area contributed by atoms with Crippen molar-refractivity contribution in [3.8, 4) is 5.69 Å². The second-order valence-corrected chi connectivity index (χ2v) is 4.43. The maximum absolute atomic E-state index is 12.1. The van der Waals surface area contributed by atoms with E-state index in [0.717, 1.165) is 10.8 Å². The first kappa shape index (κ1) is 14.4. The largest absolute Gasteiger partial charge is 0.333 e. The second kappa shape index (κ2) is 5.58. The third-order valence-electron chi connectivity index (χ3n) is 2.80. The summed E-state index contributed by atoms with van der Waals surface area (Å²) < 4.78 is 0.869. The number of nitrogens with zero attached hydrogens (tertiary/aromatic N) is 1. The zero-order valence-corrected chi connectivity index (χ0v) is 11.5. The topological polar surface area (TPSA) is 101 Å². The van der Waals surface area contributed by atoms with Gasteiger partial charge in [0, 0.05) is 18.8 Å². The summed E-state index contributed by atoms with van der Waals surface area (Å²) in [6.07, 6.45) is 1.11. The zero-order valence-electron chi connectivity index (χ0n) is 11.5.